The minimum Gasteiger partial charge on any atom is -0.435 e. The molecule has 0 spiro atoms. The lowest BCUT2D eigenvalue weighted by atomic mass is 9.72. The van der Waals surface area contributed by atoms with E-state index < -0.39 is 53.9 Å². The molecule has 3 aliphatic rings. The Balaban J connectivity index is 1.69. The molecule has 1 N–H and O–H groups in total. The highest BCUT2D eigenvalue weighted by molar-refractivity contribution is 5.45. The predicted molar refractivity (Wildman–Crippen MR) is 131 cm³/mol. The summed E-state index contributed by atoms with van der Waals surface area (Å²) >= 11 is 0. The third-order valence-corrected chi connectivity index (χ3v) is 7.40. The molecule has 3 aliphatic carbocycles. The number of hydrogen-bond acceptors (Lipinski definition) is 1. The van der Waals surface area contributed by atoms with E-state index in [1.54, 1.807) is 19.2 Å². The largest absolute Gasteiger partial charge is 0.435 e. The maximum absolute atomic E-state index is 13.8. The fourth-order valence-corrected chi connectivity index (χ4v) is 5.59. The van der Waals surface area contributed by atoms with Gasteiger partial charge in [-0.05, 0) is 61.1 Å². The topological polar surface area (TPSA) is 22.0 Å². The second-order valence-electron chi connectivity index (χ2n) is 9.93. The van der Waals surface area contributed by atoms with Gasteiger partial charge in [0.15, 0.2) is 6.61 Å². The van der Waals surface area contributed by atoms with Gasteiger partial charge in [-0.1, -0.05) is 42.5 Å². The van der Waals surface area contributed by atoms with E-state index in [0.717, 1.165) is 22.8 Å². The standard InChI is InChI=1S/C29H29F7O2/c1-17(21-13-22(28(31,32)33)15-23(14-21)29(34,35)36)38-25-12-9-18-5-3-4-6-20(16-37-2)26(18)27(25)19-7-10-24(30)11-8-19/h3-8,10-11,13,15,17,20-21,25,27H,9,12,14,16H2,1-2H3/p+1/t17-,20?,21?,25?,27-/m0/s1. The molecule has 2 nitrogen and oxygen atoms in total. The van der Waals surface area contributed by atoms with Crippen LogP contribution in [-0.4, -0.2) is 43.0 Å². The van der Waals surface area contributed by atoms with E-state index in [-0.39, 0.29) is 17.9 Å². The van der Waals surface area contributed by atoms with Gasteiger partial charge < -0.3 is 9.47 Å². The van der Waals surface area contributed by atoms with Crippen LogP contribution >= 0.6 is 0 Å². The van der Waals surface area contributed by atoms with Crippen LogP contribution in [0, 0.1) is 17.7 Å². The summed E-state index contributed by atoms with van der Waals surface area (Å²) in [7, 11) is 1.71. The molecule has 1 aromatic carbocycles. The van der Waals surface area contributed by atoms with Crippen LogP contribution in [0.4, 0.5) is 30.7 Å². The summed E-state index contributed by atoms with van der Waals surface area (Å²) < 4.78 is 105. The number of rotatable bonds is 6. The molecule has 0 fully saturated rings. The fraction of sp³-hybridized carbons (Fsp3) is 0.448. The Bertz CT molecular complexity index is 1150. The zero-order chi connectivity index (χ0) is 27.7. The first kappa shape index (κ1) is 28.4. The van der Waals surface area contributed by atoms with Gasteiger partial charge in [-0.15, -0.1) is 0 Å². The predicted octanol–water partition coefficient (Wildman–Crippen LogP) is 7.67. The van der Waals surface area contributed by atoms with Gasteiger partial charge in [0.2, 0.25) is 0 Å². The summed E-state index contributed by atoms with van der Waals surface area (Å²) in [6.07, 6.45) is -1.77. The molecule has 0 saturated heterocycles. The van der Waals surface area contributed by atoms with Crippen LogP contribution in [0.25, 0.3) is 0 Å². The summed E-state index contributed by atoms with van der Waals surface area (Å²) in [5.74, 6) is -1.97. The molecule has 0 aromatic heterocycles. The van der Waals surface area contributed by atoms with Crippen LogP contribution < -0.4 is 0 Å². The van der Waals surface area contributed by atoms with Crippen LogP contribution in [0.1, 0.15) is 37.7 Å². The van der Waals surface area contributed by atoms with Crippen LogP contribution in [-0.2, 0) is 4.74 Å². The highest BCUT2D eigenvalue weighted by Gasteiger charge is 2.44. The zero-order valence-electron chi connectivity index (χ0n) is 21.0. The first-order valence-corrected chi connectivity index (χ1v) is 12.5. The minimum atomic E-state index is -4.91. The van der Waals surface area contributed by atoms with E-state index in [1.807, 2.05) is 24.3 Å². The lowest BCUT2D eigenvalue weighted by Gasteiger charge is -2.40. The number of halogens is 7. The fourth-order valence-electron chi connectivity index (χ4n) is 5.59. The Hall–Kier alpha value is -2.65. The van der Waals surface area contributed by atoms with E-state index in [4.69, 9.17) is 4.74 Å². The second-order valence-corrected chi connectivity index (χ2v) is 9.93. The molecule has 1 aromatic rings. The summed E-state index contributed by atoms with van der Waals surface area (Å²) in [6.45, 7) is 2.02. The third-order valence-electron chi connectivity index (χ3n) is 7.40. The Morgan fingerprint density at radius 3 is 2.37 bits per heavy atom. The van der Waals surface area contributed by atoms with E-state index in [1.165, 1.54) is 19.1 Å². The summed E-state index contributed by atoms with van der Waals surface area (Å²) in [5, 5.41) is 0. The molecule has 206 valence electrons. The molecular weight excluding hydrogens is 513 g/mol. The summed E-state index contributed by atoms with van der Waals surface area (Å²) in [6, 6.07) is 5.99. The molecule has 0 bridgehead atoms. The smallest absolute Gasteiger partial charge is 0.416 e. The van der Waals surface area contributed by atoms with Crippen molar-refractivity contribution < 1.29 is 40.2 Å². The first-order valence-electron chi connectivity index (χ1n) is 12.5. The molecule has 3 unspecified atom stereocenters. The molecule has 5 atom stereocenters. The van der Waals surface area contributed by atoms with Gasteiger partial charge in [-0.25, -0.2) is 4.39 Å². The molecule has 9 heteroatoms. The van der Waals surface area contributed by atoms with Crippen molar-refractivity contribution in [3.8, 4) is 0 Å². The van der Waals surface area contributed by atoms with Crippen molar-refractivity contribution in [1.82, 2.24) is 0 Å². The zero-order valence-corrected chi connectivity index (χ0v) is 21.0. The average Bonchev–Trinajstić information content (AvgIpc) is 3.06. The van der Waals surface area contributed by atoms with Gasteiger partial charge >= 0.3 is 12.4 Å². The number of ether oxygens (including phenoxy) is 2. The van der Waals surface area contributed by atoms with Crippen molar-refractivity contribution in [3.63, 3.8) is 0 Å². The third kappa shape index (κ3) is 6.31. The second kappa shape index (κ2) is 11.2. The average molecular weight is 544 g/mol. The Labute approximate surface area is 217 Å². The Kier molecular flexibility index (Phi) is 8.37. The number of aliphatic hydroxyl groups is 2. The van der Waals surface area contributed by atoms with Gasteiger partial charge in [-0.2, -0.15) is 26.3 Å². The van der Waals surface area contributed by atoms with Crippen molar-refractivity contribution in [2.75, 3.05) is 13.7 Å². The Morgan fingerprint density at radius 2 is 1.74 bits per heavy atom. The highest BCUT2D eigenvalue weighted by Crippen LogP contribution is 2.47. The van der Waals surface area contributed by atoms with Gasteiger partial charge in [-0.3, -0.25) is 0 Å². The van der Waals surface area contributed by atoms with Crippen LogP contribution in [0.3, 0.4) is 0 Å². The molecule has 0 radical (unpaired) electrons. The van der Waals surface area contributed by atoms with Crippen molar-refractivity contribution in [2.24, 2.45) is 11.8 Å². The maximum Gasteiger partial charge on any atom is 0.416 e. The van der Waals surface area contributed by atoms with Gasteiger partial charge in [0.1, 0.15) is 12.9 Å². The lowest BCUT2D eigenvalue weighted by molar-refractivity contribution is -0.104. The lowest BCUT2D eigenvalue weighted by Crippen LogP contribution is -2.37. The van der Waals surface area contributed by atoms with Gasteiger partial charge in [0.05, 0.1) is 23.7 Å². The number of hydrogen-bond donors (Lipinski definition) is 0. The first-order chi connectivity index (χ1) is 17.9. The molecule has 0 saturated carbocycles. The number of benzene rings is 1. The summed E-state index contributed by atoms with van der Waals surface area (Å²) in [5.41, 5.74) is 0.349. The van der Waals surface area contributed by atoms with Gasteiger partial charge in [0, 0.05) is 17.4 Å². The molecule has 38 heavy (non-hydrogen) atoms. The summed E-state index contributed by atoms with van der Waals surface area (Å²) in [4.78, 5) is 0. The molecule has 0 amide bonds. The van der Waals surface area contributed by atoms with E-state index >= 15 is 0 Å². The normalized spacial score (nSPS) is 27.0. The van der Waals surface area contributed by atoms with Crippen molar-refractivity contribution in [3.05, 3.63) is 94.4 Å². The number of alkyl halides is 6. The molecule has 4 rings (SSSR count). The van der Waals surface area contributed by atoms with Crippen molar-refractivity contribution in [1.29, 1.82) is 0 Å². The van der Waals surface area contributed by atoms with Crippen LogP contribution in [0.15, 0.2) is 83.0 Å². The van der Waals surface area contributed by atoms with Gasteiger partial charge in [0.25, 0.3) is 0 Å². The van der Waals surface area contributed by atoms with E-state index in [9.17, 15) is 30.7 Å². The Morgan fingerprint density at radius 1 is 1.03 bits per heavy atom. The molecular formula is C29H30F7O2+. The van der Waals surface area contributed by atoms with E-state index in [0.29, 0.717) is 19.4 Å². The molecule has 0 heterocycles. The monoisotopic (exact) mass is 543 g/mol. The maximum atomic E-state index is 13.8. The highest BCUT2D eigenvalue weighted by atomic mass is 19.4. The van der Waals surface area contributed by atoms with E-state index in [2.05, 4.69) is 4.74 Å². The minimum absolute atomic E-state index is 0.0760. The molecule has 0 aliphatic heterocycles. The SMILES string of the molecule is C[OH+]CC1C=CC=CC2=C1[C@@H](c1ccc(F)cc1)C(O[C@@H](C)C1C=C(C(F)(F)F)C=C(C(F)(F)F)C1)CC2. The van der Waals surface area contributed by atoms with Crippen molar-refractivity contribution >= 4 is 0 Å². The van der Waals surface area contributed by atoms with Crippen LogP contribution in [0.2, 0.25) is 0 Å². The number of allylic oxidation sites excluding steroid dienone is 7. The van der Waals surface area contributed by atoms with Crippen LogP contribution in [0.5, 0.6) is 0 Å². The quantitative estimate of drug-likeness (QED) is 0.267. The van der Waals surface area contributed by atoms with Crippen molar-refractivity contribution in [2.45, 2.75) is 56.7 Å².